The Balaban J connectivity index is 0.000000341. The summed E-state index contributed by atoms with van der Waals surface area (Å²) in [5, 5.41) is 11.2. The summed E-state index contributed by atoms with van der Waals surface area (Å²) in [4.78, 5) is 22.0. The third-order valence-electron chi connectivity index (χ3n) is 2.72. The summed E-state index contributed by atoms with van der Waals surface area (Å²) in [7, 11) is 0. The molecule has 0 radical (unpaired) electrons. The van der Waals surface area contributed by atoms with E-state index < -0.39 is 17.7 Å². The number of amides is 1. The molecule has 0 aliphatic carbocycles. The van der Waals surface area contributed by atoms with Crippen LogP contribution in [0.4, 0.5) is 10.5 Å². The van der Waals surface area contributed by atoms with Gasteiger partial charge < -0.3 is 9.84 Å². The van der Waals surface area contributed by atoms with E-state index in [2.05, 4.69) is 24.4 Å². The van der Waals surface area contributed by atoms with Gasteiger partial charge in [-0.3, -0.25) is 5.32 Å². The van der Waals surface area contributed by atoms with Crippen LogP contribution >= 0.6 is 0 Å². The van der Waals surface area contributed by atoms with E-state index in [1.807, 2.05) is 18.2 Å². The molecular weight excluding hydrogens is 306 g/mol. The molecule has 2 rings (SSSR count). The van der Waals surface area contributed by atoms with Gasteiger partial charge in [-0.05, 0) is 52.0 Å². The van der Waals surface area contributed by atoms with Crippen LogP contribution in [0.1, 0.15) is 36.7 Å². The Labute approximate surface area is 142 Å². The molecular formula is C19H23NO4. The summed E-state index contributed by atoms with van der Waals surface area (Å²) in [6, 6.07) is 16.1. The molecule has 2 aromatic rings. The minimum absolute atomic E-state index is 0.166. The molecule has 1 amide bonds. The van der Waals surface area contributed by atoms with Crippen molar-refractivity contribution in [1.82, 2.24) is 0 Å². The largest absolute Gasteiger partial charge is 0.478 e. The number of carbonyl (C=O) groups is 2. The Morgan fingerprint density at radius 1 is 0.958 bits per heavy atom. The molecule has 5 heteroatoms. The van der Waals surface area contributed by atoms with Gasteiger partial charge >= 0.3 is 12.1 Å². The van der Waals surface area contributed by atoms with Gasteiger partial charge in [0, 0.05) is 5.69 Å². The highest BCUT2D eigenvalue weighted by Crippen LogP contribution is 2.12. The van der Waals surface area contributed by atoms with E-state index in [9.17, 15) is 9.59 Å². The fourth-order valence-electron chi connectivity index (χ4n) is 1.65. The van der Waals surface area contributed by atoms with E-state index in [1.54, 1.807) is 20.8 Å². The predicted molar refractivity (Wildman–Crippen MR) is 94.4 cm³/mol. The number of carbonyl (C=O) groups excluding carboxylic acids is 1. The van der Waals surface area contributed by atoms with E-state index in [-0.39, 0.29) is 5.56 Å². The standard InChI is InChI=1S/C12H15NO4.C7H8/c1-12(2,3)17-11(16)13-9-6-4-8(5-7-9)10(14)15;1-7-5-3-2-4-6-7/h4-7H,1-3H3,(H,13,16)(H,14,15);2-6H,1H3. The van der Waals surface area contributed by atoms with Gasteiger partial charge in [-0.15, -0.1) is 0 Å². The number of hydrogen-bond acceptors (Lipinski definition) is 3. The Hall–Kier alpha value is -2.82. The van der Waals surface area contributed by atoms with Crippen LogP contribution < -0.4 is 5.32 Å². The summed E-state index contributed by atoms with van der Waals surface area (Å²) >= 11 is 0. The maximum atomic E-state index is 11.4. The highest BCUT2D eigenvalue weighted by Gasteiger charge is 2.16. The van der Waals surface area contributed by atoms with Crippen molar-refractivity contribution in [2.45, 2.75) is 33.3 Å². The van der Waals surface area contributed by atoms with Crippen LogP contribution in [0.5, 0.6) is 0 Å². The number of carboxylic acids is 1. The Morgan fingerprint density at radius 2 is 1.50 bits per heavy atom. The molecule has 0 bridgehead atoms. The molecule has 5 nitrogen and oxygen atoms in total. The van der Waals surface area contributed by atoms with E-state index in [4.69, 9.17) is 9.84 Å². The lowest BCUT2D eigenvalue weighted by atomic mass is 10.2. The van der Waals surface area contributed by atoms with E-state index in [0.29, 0.717) is 5.69 Å². The molecule has 0 saturated heterocycles. The lowest BCUT2D eigenvalue weighted by Crippen LogP contribution is -2.27. The maximum absolute atomic E-state index is 11.4. The van der Waals surface area contributed by atoms with Crippen LogP contribution in [-0.4, -0.2) is 22.8 Å². The molecule has 0 aliphatic rings. The first-order valence-electron chi connectivity index (χ1n) is 7.52. The average molecular weight is 329 g/mol. The quantitative estimate of drug-likeness (QED) is 0.835. The van der Waals surface area contributed by atoms with Crippen LogP contribution in [0.2, 0.25) is 0 Å². The normalized spacial score (nSPS) is 10.2. The molecule has 0 heterocycles. The van der Waals surface area contributed by atoms with Crippen molar-refractivity contribution in [2.75, 3.05) is 5.32 Å². The molecule has 0 fully saturated rings. The molecule has 2 aromatic carbocycles. The van der Waals surface area contributed by atoms with Crippen molar-refractivity contribution >= 4 is 17.7 Å². The number of aromatic carboxylic acids is 1. The summed E-state index contributed by atoms with van der Waals surface area (Å²) in [5.74, 6) is -1.01. The molecule has 2 N–H and O–H groups in total. The number of aryl methyl sites for hydroxylation is 1. The molecule has 0 spiro atoms. The first-order chi connectivity index (χ1) is 11.2. The monoisotopic (exact) mass is 329 g/mol. The van der Waals surface area contributed by atoms with Gasteiger partial charge in [-0.25, -0.2) is 9.59 Å². The zero-order valence-electron chi connectivity index (χ0n) is 14.4. The second kappa shape index (κ2) is 8.72. The smallest absolute Gasteiger partial charge is 0.412 e. The predicted octanol–water partition coefficient (Wildman–Crippen LogP) is 4.73. The fourth-order valence-corrected chi connectivity index (χ4v) is 1.65. The molecule has 0 aromatic heterocycles. The highest BCUT2D eigenvalue weighted by molar-refractivity contribution is 5.89. The number of benzene rings is 2. The maximum Gasteiger partial charge on any atom is 0.412 e. The molecule has 0 unspecified atom stereocenters. The minimum Gasteiger partial charge on any atom is -0.478 e. The molecule has 0 saturated carbocycles. The van der Waals surface area contributed by atoms with Crippen LogP contribution in [0.25, 0.3) is 0 Å². The average Bonchev–Trinajstić information content (AvgIpc) is 2.47. The van der Waals surface area contributed by atoms with Gasteiger partial charge in [0.2, 0.25) is 0 Å². The molecule has 0 aliphatic heterocycles. The third-order valence-corrected chi connectivity index (χ3v) is 2.72. The number of nitrogens with one attached hydrogen (secondary N) is 1. The topological polar surface area (TPSA) is 75.6 Å². The van der Waals surface area contributed by atoms with Gasteiger partial charge in [0.25, 0.3) is 0 Å². The SMILES string of the molecule is CC(C)(C)OC(=O)Nc1ccc(C(=O)O)cc1.Cc1ccccc1. The van der Waals surface area contributed by atoms with Crippen LogP contribution in [-0.2, 0) is 4.74 Å². The molecule has 24 heavy (non-hydrogen) atoms. The van der Waals surface area contributed by atoms with Gasteiger partial charge in [-0.1, -0.05) is 35.9 Å². The summed E-state index contributed by atoms with van der Waals surface area (Å²) < 4.78 is 5.05. The van der Waals surface area contributed by atoms with Gasteiger partial charge in [0.05, 0.1) is 5.56 Å². The first kappa shape index (κ1) is 19.2. The lowest BCUT2D eigenvalue weighted by molar-refractivity contribution is 0.0634. The van der Waals surface area contributed by atoms with Crippen molar-refractivity contribution in [1.29, 1.82) is 0 Å². The number of rotatable bonds is 2. The molecule has 128 valence electrons. The van der Waals surface area contributed by atoms with Crippen molar-refractivity contribution in [3.8, 4) is 0 Å². The Bertz CT molecular complexity index is 658. The Morgan fingerprint density at radius 3 is 1.88 bits per heavy atom. The van der Waals surface area contributed by atoms with Crippen LogP contribution in [0, 0.1) is 6.92 Å². The van der Waals surface area contributed by atoms with Crippen molar-refractivity contribution in [3.63, 3.8) is 0 Å². The summed E-state index contributed by atoms with van der Waals surface area (Å²) in [6.45, 7) is 7.38. The van der Waals surface area contributed by atoms with Crippen molar-refractivity contribution in [3.05, 3.63) is 65.7 Å². The van der Waals surface area contributed by atoms with Gasteiger partial charge in [-0.2, -0.15) is 0 Å². The minimum atomic E-state index is -1.01. The molecule has 0 atom stereocenters. The third kappa shape index (κ3) is 7.98. The van der Waals surface area contributed by atoms with Crippen LogP contribution in [0.3, 0.4) is 0 Å². The van der Waals surface area contributed by atoms with Crippen molar-refractivity contribution < 1.29 is 19.4 Å². The fraction of sp³-hybridized carbons (Fsp3) is 0.263. The second-order valence-corrected chi connectivity index (χ2v) is 6.16. The number of ether oxygens (including phenoxy) is 1. The number of hydrogen-bond donors (Lipinski definition) is 2. The van der Waals surface area contributed by atoms with Gasteiger partial charge in [0.15, 0.2) is 0 Å². The number of anilines is 1. The van der Waals surface area contributed by atoms with Crippen LogP contribution in [0.15, 0.2) is 54.6 Å². The first-order valence-corrected chi connectivity index (χ1v) is 7.52. The Kier molecular flexibility index (Phi) is 6.98. The highest BCUT2D eigenvalue weighted by atomic mass is 16.6. The summed E-state index contributed by atoms with van der Waals surface area (Å²) in [6.07, 6.45) is -0.569. The van der Waals surface area contributed by atoms with Gasteiger partial charge in [0.1, 0.15) is 5.60 Å². The second-order valence-electron chi connectivity index (χ2n) is 6.16. The van der Waals surface area contributed by atoms with E-state index in [1.165, 1.54) is 29.8 Å². The van der Waals surface area contributed by atoms with E-state index >= 15 is 0 Å². The lowest BCUT2D eigenvalue weighted by Gasteiger charge is -2.19. The summed E-state index contributed by atoms with van der Waals surface area (Å²) in [5.41, 5.74) is 1.41. The van der Waals surface area contributed by atoms with E-state index in [0.717, 1.165) is 0 Å². The zero-order chi connectivity index (χ0) is 18.2. The van der Waals surface area contributed by atoms with Crippen molar-refractivity contribution in [2.24, 2.45) is 0 Å². The number of carboxylic acid groups (broad SMARTS) is 1. The zero-order valence-corrected chi connectivity index (χ0v) is 14.4.